The van der Waals surface area contributed by atoms with E-state index in [1.54, 1.807) is 0 Å². The van der Waals surface area contributed by atoms with Gasteiger partial charge < -0.3 is 9.84 Å². The van der Waals surface area contributed by atoms with E-state index in [1.165, 1.54) is 6.39 Å². The number of rotatable bonds is 4. The first-order chi connectivity index (χ1) is 7.25. The SMILES string of the molecule is O=C1CC(NCCc2ncon2)C(=O)N1. The summed E-state index contributed by atoms with van der Waals surface area (Å²) < 4.78 is 4.55. The summed E-state index contributed by atoms with van der Waals surface area (Å²) in [4.78, 5) is 25.8. The van der Waals surface area contributed by atoms with E-state index in [0.717, 1.165) is 0 Å². The lowest BCUT2D eigenvalue weighted by molar-refractivity contribution is -0.125. The highest BCUT2D eigenvalue weighted by Crippen LogP contribution is 2.00. The lowest BCUT2D eigenvalue weighted by Gasteiger charge is -2.06. The van der Waals surface area contributed by atoms with Crippen molar-refractivity contribution in [3.63, 3.8) is 0 Å². The summed E-state index contributed by atoms with van der Waals surface area (Å²) in [7, 11) is 0. The van der Waals surface area contributed by atoms with Crippen molar-refractivity contribution in [3.8, 4) is 0 Å². The van der Waals surface area contributed by atoms with Crippen LogP contribution in [0.25, 0.3) is 0 Å². The fourth-order valence-corrected chi connectivity index (χ4v) is 1.38. The molecule has 1 aromatic heterocycles. The number of hydrogen-bond acceptors (Lipinski definition) is 6. The van der Waals surface area contributed by atoms with Gasteiger partial charge in [0.15, 0.2) is 5.82 Å². The number of imide groups is 1. The minimum atomic E-state index is -0.426. The second-order valence-corrected chi connectivity index (χ2v) is 3.22. The minimum absolute atomic E-state index is 0.199. The molecule has 1 saturated heterocycles. The predicted molar refractivity (Wildman–Crippen MR) is 47.6 cm³/mol. The summed E-state index contributed by atoms with van der Waals surface area (Å²) in [5, 5.41) is 8.79. The third kappa shape index (κ3) is 2.38. The lowest BCUT2D eigenvalue weighted by atomic mass is 10.2. The third-order valence-corrected chi connectivity index (χ3v) is 2.11. The average Bonchev–Trinajstić information content (AvgIpc) is 2.77. The number of nitrogens with zero attached hydrogens (tertiary/aromatic N) is 2. The Morgan fingerprint density at radius 2 is 2.47 bits per heavy atom. The number of hydrogen-bond donors (Lipinski definition) is 2. The molecule has 0 aliphatic carbocycles. The van der Waals surface area contributed by atoms with Crippen LogP contribution in [0.1, 0.15) is 12.2 Å². The molecule has 0 spiro atoms. The van der Waals surface area contributed by atoms with Gasteiger partial charge in [-0.2, -0.15) is 4.98 Å². The Bertz CT molecular complexity index is 362. The second-order valence-electron chi connectivity index (χ2n) is 3.22. The van der Waals surface area contributed by atoms with Crippen molar-refractivity contribution in [2.45, 2.75) is 18.9 Å². The molecule has 2 amide bonds. The molecule has 0 bridgehead atoms. The number of carbonyl (C=O) groups excluding carboxylic acids is 2. The second kappa shape index (κ2) is 4.18. The Balaban J connectivity index is 1.74. The smallest absolute Gasteiger partial charge is 0.244 e. The van der Waals surface area contributed by atoms with Gasteiger partial charge in [-0.1, -0.05) is 5.16 Å². The lowest BCUT2D eigenvalue weighted by Crippen LogP contribution is -2.37. The predicted octanol–water partition coefficient (Wildman–Crippen LogP) is -1.38. The normalized spacial score (nSPS) is 20.7. The van der Waals surface area contributed by atoms with Crippen LogP contribution in [0.5, 0.6) is 0 Å². The highest BCUT2D eigenvalue weighted by Gasteiger charge is 2.29. The summed E-state index contributed by atoms with van der Waals surface area (Å²) in [5.41, 5.74) is 0. The Hall–Kier alpha value is -1.76. The van der Waals surface area contributed by atoms with Crippen molar-refractivity contribution in [1.29, 1.82) is 0 Å². The molecule has 0 radical (unpaired) electrons. The standard InChI is InChI=1S/C8H10N4O3/c13-7-3-5(8(14)11-7)9-2-1-6-10-4-15-12-6/h4-5,9H,1-3H2,(H,11,13,14). The molecule has 0 saturated carbocycles. The fourth-order valence-electron chi connectivity index (χ4n) is 1.38. The zero-order valence-electron chi connectivity index (χ0n) is 7.90. The van der Waals surface area contributed by atoms with E-state index in [2.05, 4.69) is 25.3 Å². The van der Waals surface area contributed by atoms with Gasteiger partial charge in [-0.3, -0.25) is 14.9 Å². The maximum Gasteiger partial charge on any atom is 0.244 e. The van der Waals surface area contributed by atoms with Crippen LogP contribution in [-0.4, -0.2) is 34.5 Å². The first-order valence-electron chi connectivity index (χ1n) is 4.58. The van der Waals surface area contributed by atoms with Crippen molar-refractivity contribution in [2.75, 3.05) is 6.54 Å². The van der Waals surface area contributed by atoms with Gasteiger partial charge in [0, 0.05) is 13.0 Å². The maximum absolute atomic E-state index is 11.1. The Morgan fingerprint density at radius 3 is 3.07 bits per heavy atom. The van der Waals surface area contributed by atoms with Gasteiger partial charge in [0.25, 0.3) is 0 Å². The van der Waals surface area contributed by atoms with Crippen molar-refractivity contribution in [3.05, 3.63) is 12.2 Å². The molecule has 1 aliphatic rings. The van der Waals surface area contributed by atoms with Gasteiger partial charge >= 0.3 is 0 Å². The molecule has 1 unspecified atom stereocenters. The Kier molecular flexibility index (Phi) is 2.72. The van der Waals surface area contributed by atoms with E-state index in [-0.39, 0.29) is 18.2 Å². The van der Waals surface area contributed by atoms with Crippen LogP contribution >= 0.6 is 0 Å². The van der Waals surface area contributed by atoms with Crippen molar-refractivity contribution >= 4 is 11.8 Å². The van der Waals surface area contributed by atoms with Gasteiger partial charge in [-0.15, -0.1) is 0 Å². The van der Waals surface area contributed by atoms with Gasteiger partial charge in [0.2, 0.25) is 18.2 Å². The summed E-state index contributed by atoms with van der Waals surface area (Å²) >= 11 is 0. The van der Waals surface area contributed by atoms with E-state index < -0.39 is 6.04 Å². The number of amides is 2. The van der Waals surface area contributed by atoms with Crippen molar-refractivity contribution in [1.82, 2.24) is 20.8 Å². The highest BCUT2D eigenvalue weighted by atomic mass is 16.5. The molecule has 15 heavy (non-hydrogen) atoms. The zero-order valence-corrected chi connectivity index (χ0v) is 7.90. The Morgan fingerprint density at radius 1 is 1.60 bits per heavy atom. The van der Waals surface area contributed by atoms with E-state index in [0.29, 0.717) is 18.8 Å². The van der Waals surface area contributed by atoms with Crippen molar-refractivity contribution < 1.29 is 14.1 Å². The van der Waals surface area contributed by atoms with Crippen LogP contribution < -0.4 is 10.6 Å². The molecular formula is C8H10N4O3. The van der Waals surface area contributed by atoms with Crippen LogP contribution in [0.3, 0.4) is 0 Å². The average molecular weight is 210 g/mol. The van der Waals surface area contributed by atoms with Crippen LogP contribution in [0.2, 0.25) is 0 Å². The summed E-state index contributed by atoms with van der Waals surface area (Å²) in [6.45, 7) is 0.533. The Labute approximate surface area is 85.2 Å². The first-order valence-corrected chi connectivity index (χ1v) is 4.58. The largest absolute Gasteiger partial charge is 0.343 e. The topological polar surface area (TPSA) is 97.1 Å². The molecule has 0 aromatic carbocycles. The minimum Gasteiger partial charge on any atom is -0.343 e. The van der Waals surface area contributed by atoms with Crippen LogP contribution in [0, 0.1) is 0 Å². The van der Waals surface area contributed by atoms with Crippen molar-refractivity contribution in [2.24, 2.45) is 0 Å². The highest BCUT2D eigenvalue weighted by molar-refractivity contribution is 6.05. The summed E-state index contributed by atoms with van der Waals surface area (Å²) in [6.07, 6.45) is 2.01. The van der Waals surface area contributed by atoms with Gasteiger partial charge in [-0.05, 0) is 0 Å². The van der Waals surface area contributed by atoms with Crippen LogP contribution in [-0.2, 0) is 16.0 Å². The number of nitrogens with one attached hydrogen (secondary N) is 2. The number of carbonyl (C=O) groups is 2. The van der Waals surface area contributed by atoms with Gasteiger partial charge in [0.1, 0.15) is 0 Å². The molecule has 1 fully saturated rings. The van der Waals surface area contributed by atoms with E-state index >= 15 is 0 Å². The molecular weight excluding hydrogens is 200 g/mol. The first kappa shape index (κ1) is 9.78. The summed E-state index contributed by atoms with van der Waals surface area (Å²) in [6, 6.07) is -0.426. The molecule has 80 valence electrons. The summed E-state index contributed by atoms with van der Waals surface area (Å²) in [5.74, 6) is 0.0670. The van der Waals surface area contributed by atoms with E-state index in [9.17, 15) is 9.59 Å². The van der Waals surface area contributed by atoms with E-state index in [4.69, 9.17) is 0 Å². The molecule has 7 heteroatoms. The van der Waals surface area contributed by atoms with Gasteiger partial charge in [-0.25, -0.2) is 0 Å². The zero-order chi connectivity index (χ0) is 10.7. The number of aromatic nitrogens is 2. The quantitative estimate of drug-likeness (QED) is 0.594. The third-order valence-electron chi connectivity index (χ3n) is 2.11. The molecule has 1 atom stereocenters. The molecule has 2 rings (SSSR count). The molecule has 2 heterocycles. The molecule has 1 aromatic rings. The molecule has 7 nitrogen and oxygen atoms in total. The van der Waals surface area contributed by atoms with Crippen LogP contribution in [0.4, 0.5) is 0 Å². The van der Waals surface area contributed by atoms with Crippen LogP contribution in [0.15, 0.2) is 10.9 Å². The van der Waals surface area contributed by atoms with Gasteiger partial charge in [0.05, 0.1) is 12.5 Å². The molecule has 1 aliphatic heterocycles. The van der Waals surface area contributed by atoms with E-state index in [1.807, 2.05) is 0 Å². The fraction of sp³-hybridized carbons (Fsp3) is 0.500. The maximum atomic E-state index is 11.1. The molecule has 2 N–H and O–H groups in total. The monoisotopic (exact) mass is 210 g/mol.